The average molecular weight is 330 g/mol. The second kappa shape index (κ2) is 8.73. The van der Waals surface area contributed by atoms with Crippen LogP contribution in [0.1, 0.15) is 6.92 Å². The van der Waals surface area contributed by atoms with Crippen molar-refractivity contribution >= 4 is 23.6 Å². The van der Waals surface area contributed by atoms with Crippen molar-refractivity contribution in [1.82, 2.24) is 0 Å². The molecule has 0 aromatic heterocycles. The van der Waals surface area contributed by atoms with Gasteiger partial charge >= 0.3 is 0 Å². The van der Waals surface area contributed by atoms with Crippen LogP contribution in [-0.2, 0) is 9.59 Å². The third-order valence-electron chi connectivity index (χ3n) is 2.61. The van der Waals surface area contributed by atoms with Crippen molar-refractivity contribution < 1.29 is 19.6 Å². The molecule has 24 heavy (non-hydrogen) atoms. The number of azo groups is 1. The number of hydrogen-bond acceptors (Lipinski definition) is 7. The zero-order valence-electron chi connectivity index (χ0n) is 12.7. The van der Waals surface area contributed by atoms with Crippen molar-refractivity contribution in [3.05, 3.63) is 70.3 Å². The van der Waals surface area contributed by atoms with Gasteiger partial charge in [-0.1, -0.05) is 6.58 Å². The fourth-order valence-corrected chi connectivity index (χ4v) is 1.46. The lowest BCUT2D eigenvalue weighted by molar-refractivity contribution is -0.384. The quantitative estimate of drug-likeness (QED) is 0.151. The number of hydrogen-bond donors (Lipinski definition) is 2. The number of benzene rings is 1. The van der Waals surface area contributed by atoms with Crippen LogP contribution in [-0.4, -0.2) is 22.2 Å². The molecule has 2 N–H and O–H groups in total. The van der Waals surface area contributed by atoms with Gasteiger partial charge in [-0.05, 0) is 25.1 Å². The molecule has 1 amide bonds. The smallest absolute Gasteiger partial charge is 0.279 e. The monoisotopic (exact) mass is 330 g/mol. The van der Waals surface area contributed by atoms with E-state index in [9.17, 15) is 24.8 Å². The number of aliphatic hydroxyl groups excluding tert-OH is 1. The van der Waals surface area contributed by atoms with Gasteiger partial charge < -0.3 is 10.4 Å². The standard InChI is InChI=1S/C15H14N4O5/c1-3-11(8-9-20)17-18-14(10(2)21)15(22)16-12-4-6-13(7-5-12)19(23)24/h3-9,21H,1H2,2H3,(H,16,22)/b11-8-,14-10+,18-17-. The van der Waals surface area contributed by atoms with Crippen molar-refractivity contribution in [3.63, 3.8) is 0 Å². The first kappa shape index (κ1) is 18.4. The average Bonchev–Trinajstić information content (AvgIpc) is 2.54. The summed E-state index contributed by atoms with van der Waals surface area (Å²) in [6.07, 6.45) is 2.80. The summed E-state index contributed by atoms with van der Waals surface area (Å²) >= 11 is 0. The van der Waals surface area contributed by atoms with E-state index < -0.39 is 16.6 Å². The third kappa shape index (κ3) is 5.30. The molecule has 0 aliphatic rings. The summed E-state index contributed by atoms with van der Waals surface area (Å²) in [6, 6.07) is 5.10. The molecule has 1 aromatic carbocycles. The molecule has 0 unspecified atom stereocenters. The van der Waals surface area contributed by atoms with Crippen molar-refractivity contribution in [2.45, 2.75) is 6.92 Å². The maximum absolute atomic E-state index is 12.1. The Morgan fingerprint density at radius 1 is 1.33 bits per heavy atom. The van der Waals surface area contributed by atoms with Gasteiger partial charge in [-0.15, -0.1) is 5.11 Å². The number of carbonyl (C=O) groups excluding carboxylic acids is 2. The second-order valence-corrected chi connectivity index (χ2v) is 4.32. The summed E-state index contributed by atoms with van der Waals surface area (Å²) in [5.41, 5.74) is -0.137. The third-order valence-corrected chi connectivity index (χ3v) is 2.61. The number of nitro benzene ring substituents is 1. The lowest BCUT2D eigenvalue weighted by atomic mass is 10.2. The Kier molecular flexibility index (Phi) is 6.71. The van der Waals surface area contributed by atoms with Crippen LogP contribution in [0.5, 0.6) is 0 Å². The Labute approximate surface area is 136 Å². The number of amides is 1. The number of aldehydes is 1. The molecule has 0 atom stereocenters. The van der Waals surface area contributed by atoms with E-state index in [2.05, 4.69) is 22.1 Å². The SMILES string of the molecule is C=CC(=C/C=O)/N=N\C(C(=O)Nc1ccc([N+](=O)[O-])cc1)=C(/C)O. The molecule has 1 rings (SSSR count). The topological polar surface area (TPSA) is 134 Å². The molecule has 9 nitrogen and oxygen atoms in total. The van der Waals surface area contributed by atoms with E-state index in [1.165, 1.54) is 37.3 Å². The number of nitrogens with one attached hydrogen (secondary N) is 1. The zero-order valence-corrected chi connectivity index (χ0v) is 12.7. The number of carbonyl (C=O) groups is 2. The van der Waals surface area contributed by atoms with Gasteiger partial charge in [0.25, 0.3) is 11.6 Å². The van der Waals surface area contributed by atoms with Gasteiger partial charge in [0.1, 0.15) is 12.0 Å². The van der Waals surface area contributed by atoms with Crippen LogP contribution < -0.4 is 5.32 Å². The highest BCUT2D eigenvalue weighted by Gasteiger charge is 2.14. The van der Waals surface area contributed by atoms with E-state index in [1.54, 1.807) is 0 Å². The van der Waals surface area contributed by atoms with Crippen molar-refractivity contribution in [3.8, 4) is 0 Å². The summed E-state index contributed by atoms with van der Waals surface area (Å²) in [5.74, 6) is -1.17. The zero-order chi connectivity index (χ0) is 18.1. The lowest BCUT2D eigenvalue weighted by Crippen LogP contribution is -2.14. The molecule has 0 aliphatic heterocycles. The van der Waals surface area contributed by atoms with Crippen LogP contribution in [0.15, 0.2) is 70.4 Å². The fraction of sp³-hybridized carbons (Fsp3) is 0.0667. The number of nitrogens with zero attached hydrogens (tertiary/aromatic N) is 3. The van der Waals surface area contributed by atoms with Gasteiger partial charge in [0.2, 0.25) is 0 Å². The van der Waals surface area contributed by atoms with Crippen LogP contribution >= 0.6 is 0 Å². The van der Waals surface area contributed by atoms with E-state index in [1.807, 2.05) is 0 Å². The molecule has 0 bridgehead atoms. The van der Waals surface area contributed by atoms with Gasteiger partial charge in [-0.25, -0.2) is 0 Å². The van der Waals surface area contributed by atoms with E-state index in [0.29, 0.717) is 6.29 Å². The van der Waals surface area contributed by atoms with Crippen LogP contribution in [0.25, 0.3) is 0 Å². The molecule has 124 valence electrons. The molecule has 0 aliphatic carbocycles. The number of nitro groups is 1. The maximum atomic E-state index is 12.1. The van der Waals surface area contributed by atoms with Crippen LogP contribution in [0.4, 0.5) is 11.4 Å². The minimum absolute atomic E-state index is 0.104. The Balaban J connectivity index is 2.96. The van der Waals surface area contributed by atoms with E-state index in [4.69, 9.17) is 0 Å². The fourth-order valence-electron chi connectivity index (χ4n) is 1.46. The number of aliphatic hydroxyl groups is 1. The van der Waals surface area contributed by atoms with Crippen LogP contribution in [0.3, 0.4) is 0 Å². The number of rotatable bonds is 7. The summed E-state index contributed by atoms with van der Waals surface area (Å²) in [5, 5.41) is 29.8. The number of non-ortho nitro benzene ring substituents is 1. The molecule has 0 spiro atoms. The first-order chi connectivity index (χ1) is 11.4. The minimum Gasteiger partial charge on any atom is -0.510 e. The number of anilines is 1. The molecular weight excluding hydrogens is 316 g/mol. The van der Waals surface area contributed by atoms with Gasteiger partial charge in [0.15, 0.2) is 5.70 Å². The molecule has 0 saturated heterocycles. The summed E-state index contributed by atoms with van der Waals surface area (Å²) in [4.78, 5) is 32.5. The molecule has 0 fully saturated rings. The number of allylic oxidation sites excluding steroid dienone is 3. The largest absolute Gasteiger partial charge is 0.510 e. The molecule has 0 saturated carbocycles. The van der Waals surface area contributed by atoms with E-state index in [0.717, 1.165) is 6.08 Å². The molecular formula is C15H14N4O5. The molecule has 1 aromatic rings. The highest BCUT2D eigenvalue weighted by atomic mass is 16.6. The Morgan fingerprint density at radius 3 is 2.42 bits per heavy atom. The summed E-state index contributed by atoms with van der Waals surface area (Å²) in [6.45, 7) is 4.66. The van der Waals surface area contributed by atoms with Gasteiger partial charge in [0.05, 0.1) is 10.6 Å². The van der Waals surface area contributed by atoms with Crippen molar-refractivity contribution in [2.75, 3.05) is 5.32 Å². The van der Waals surface area contributed by atoms with Crippen LogP contribution in [0, 0.1) is 10.1 Å². The predicted octanol–water partition coefficient (Wildman–Crippen LogP) is 3.04. The Bertz CT molecular complexity index is 744. The molecule has 9 heteroatoms. The summed E-state index contributed by atoms with van der Waals surface area (Å²) < 4.78 is 0. The normalized spacial score (nSPS) is 12.5. The van der Waals surface area contributed by atoms with E-state index >= 15 is 0 Å². The van der Waals surface area contributed by atoms with Gasteiger partial charge in [-0.3, -0.25) is 19.7 Å². The first-order valence-electron chi connectivity index (χ1n) is 6.54. The maximum Gasteiger partial charge on any atom is 0.279 e. The Hall–Kier alpha value is -3.62. The van der Waals surface area contributed by atoms with Crippen molar-refractivity contribution in [2.24, 2.45) is 10.2 Å². The van der Waals surface area contributed by atoms with E-state index in [-0.39, 0.29) is 22.8 Å². The van der Waals surface area contributed by atoms with Gasteiger partial charge in [-0.2, -0.15) is 5.11 Å². The highest BCUT2D eigenvalue weighted by Crippen LogP contribution is 2.17. The Morgan fingerprint density at radius 2 is 1.96 bits per heavy atom. The van der Waals surface area contributed by atoms with Gasteiger partial charge in [0, 0.05) is 23.9 Å². The lowest BCUT2D eigenvalue weighted by Gasteiger charge is -2.05. The minimum atomic E-state index is -0.776. The first-order valence-corrected chi connectivity index (χ1v) is 6.54. The van der Waals surface area contributed by atoms with Crippen LogP contribution in [0.2, 0.25) is 0 Å². The molecule has 0 radical (unpaired) electrons. The second-order valence-electron chi connectivity index (χ2n) is 4.32. The summed E-state index contributed by atoms with van der Waals surface area (Å²) in [7, 11) is 0. The highest BCUT2D eigenvalue weighted by molar-refractivity contribution is 6.03. The predicted molar refractivity (Wildman–Crippen MR) is 86.3 cm³/mol. The molecule has 0 heterocycles. The van der Waals surface area contributed by atoms with Crippen molar-refractivity contribution in [1.29, 1.82) is 0 Å².